The summed E-state index contributed by atoms with van der Waals surface area (Å²) >= 11 is 18.0. The van der Waals surface area contributed by atoms with E-state index in [0.29, 0.717) is 20.5 Å². The highest BCUT2D eigenvalue weighted by Crippen LogP contribution is 2.34. The fourth-order valence-corrected chi connectivity index (χ4v) is 2.16. The smallest absolute Gasteiger partial charge is 0.0736 e. The molecule has 0 aliphatic heterocycles. The molecule has 4 heteroatoms. The molecule has 0 unspecified atom stereocenters. The van der Waals surface area contributed by atoms with E-state index in [1.54, 1.807) is 12.1 Å². The second kappa shape index (κ2) is 3.58. The molecule has 0 saturated carbocycles. The topological polar surface area (TPSA) is 12.9 Å². The molecule has 0 aliphatic rings. The maximum atomic E-state index is 6.06. The minimum absolute atomic E-state index is 0.460. The van der Waals surface area contributed by atoms with E-state index in [-0.39, 0.29) is 0 Å². The van der Waals surface area contributed by atoms with Crippen molar-refractivity contribution in [3.8, 4) is 0 Å². The third-order valence-corrected chi connectivity index (χ3v) is 3.05. The zero-order valence-corrected chi connectivity index (χ0v) is 9.58. The van der Waals surface area contributed by atoms with Gasteiger partial charge in [0.2, 0.25) is 0 Å². The molecule has 0 saturated heterocycles. The van der Waals surface area contributed by atoms with Crippen LogP contribution in [0.25, 0.3) is 10.9 Å². The van der Waals surface area contributed by atoms with E-state index in [9.17, 15) is 0 Å². The first-order valence-electron chi connectivity index (χ1n) is 4.00. The van der Waals surface area contributed by atoms with E-state index in [0.717, 1.165) is 11.2 Å². The highest BCUT2D eigenvalue weighted by atomic mass is 35.5. The minimum atomic E-state index is 0.460. The van der Waals surface area contributed by atoms with Crippen molar-refractivity contribution in [2.75, 3.05) is 0 Å². The van der Waals surface area contributed by atoms with E-state index in [2.05, 4.69) is 4.98 Å². The number of fused-ring (bicyclic) bond motifs is 1. The van der Waals surface area contributed by atoms with Gasteiger partial charge in [-0.25, -0.2) is 0 Å². The maximum absolute atomic E-state index is 6.06. The normalized spacial score (nSPS) is 10.9. The van der Waals surface area contributed by atoms with Crippen LogP contribution in [0.2, 0.25) is 15.1 Å². The Bertz CT molecular complexity index is 508. The van der Waals surface area contributed by atoms with Crippen LogP contribution in [0.15, 0.2) is 18.2 Å². The molecule has 1 aromatic carbocycles. The minimum Gasteiger partial charge on any atom is -0.253 e. The Labute approximate surface area is 96.6 Å². The highest BCUT2D eigenvalue weighted by molar-refractivity contribution is 6.47. The van der Waals surface area contributed by atoms with Gasteiger partial charge in [0, 0.05) is 11.1 Å². The number of aromatic nitrogens is 1. The largest absolute Gasteiger partial charge is 0.253 e. The van der Waals surface area contributed by atoms with Crippen LogP contribution in [0.3, 0.4) is 0 Å². The molecule has 14 heavy (non-hydrogen) atoms. The number of pyridine rings is 1. The van der Waals surface area contributed by atoms with Crippen molar-refractivity contribution in [1.29, 1.82) is 0 Å². The summed E-state index contributed by atoms with van der Waals surface area (Å²) < 4.78 is 0. The Morgan fingerprint density at radius 3 is 2.50 bits per heavy atom. The number of benzene rings is 1. The van der Waals surface area contributed by atoms with Crippen molar-refractivity contribution < 1.29 is 0 Å². The van der Waals surface area contributed by atoms with Crippen molar-refractivity contribution >= 4 is 45.7 Å². The molecule has 0 aliphatic carbocycles. The van der Waals surface area contributed by atoms with Gasteiger partial charge in [-0.05, 0) is 25.1 Å². The summed E-state index contributed by atoms with van der Waals surface area (Å²) in [4.78, 5) is 4.31. The van der Waals surface area contributed by atoms with E-state index < -0.39 is 0 Å². The first kappa shape index (κ1) is 10.0. The molecule has 1 aromatic heterocycles. The third kappa shape index (κ3) is 1.56. The van der Waals surface area contributed by atoms with Crippen molar-refractivity contribution in [2.24, 2.45) is 0 Å². The van der Waals surface area contributed by atoms with Crippen LogP contribution in [0.5, 0.6) is 0 Å². The molecule has 0 fully saturated rings. The second-order valence-corrected chi connectivity index (χ2v) is 4.19. The van der Waals surface area contributed by atoms with Crippen LogP contribution in [0, 0.1) is 6.92 Å². The lowest BCUT2D eigenvalue weighted by Gasteiger charge is -2.05. The standard InChI is InChI=1S/C10H6Cl3N/c1-5-4-7(12)9-8(14-5)3-2-6(11)10(9)13/h2-4H,1H3. The van der Waals surface area contributed by atoms with Gasteiger partial charge in [-0.2, -0.15) is 0 Å². The van der Waals surface area contributed by atoms with Gasteiger partial charge in [0.25, 0.3) is 0 Å². The van der Waals surface area contributed by atoms with E-state index in [1.165, 1.54) is 0 Å². The highest BCUT2D eigenvalue weighted by Gasteiger charge is 2.08. The Morgan fingerprint density at radius 1 is 1.07 bits per heavy atom. The quantitative estimate of drug-likeness (QED) is 0.667. The molecule has 72 valence electrons. The van der Waals surface area contributed by atoms with Crippen molar-refractivity contribution in [2.45, 2.75) is 6.92 Å². The van der Waals surface area contributed by atoms with E-state index in [1.807, 2.05) is 13.0 Å². The fourth-order valence-electron chi connectivity index (χ4n) is 1.34. The summed E-state index contributed by atoms with van der Waals surface area (Å²) in [6, 6.07) is 5.30. The van der Waals surface area contributed by atoms with E-state index in [4.69, 9.17) is 34.8 Å². The van der Waals surface area contributed by atoms with Gasteiger partial charge in [0.15, 0.2) is 0 Å². The Hall–Kier alpha value is -0.500. The summed E-state index contributed by atoms with van der Waals surface area (Å²) in [5.74, 6) is 0. The number of rotatable bonds is 0. The third-order valence-electron chi connectivity index (χ3n) is 1.94. The van der Waals surface area contributed by atoms with Crippen molar-refractivity contribution in [3.63, 3.8) is 0 Å². The van der Waals surface area contributed by atoms with Crippen LogP contribution in [-0.4, -0.2) is 4.98 Å². The number of hydrogen-bond acceptors (Lipinski definition) is 1. The van der Waals surface area contributed by atoms with Crippen molar-refractivity contribution in [3.05, 3.63) is 39.0 Å². The number of nitrogens with zero attached hydrogens (tertiary/aromatic N) is 1. The van der Waals surface area contributed by atoms with E-state index >= 15 is 0 Å². The molecule has 0 spiro atoms. The molecule has 1 heterocycles. The fraction of sp³-hybridized carbons (Fsp3) is 0.100. The SMILES string of the molecule is Cc1cc(Cl)c2c(Cl)c(Cl)ccc2n1. The number of aryl methyl sites for hydroxylation is 1. The first-order chi connectivity index (χ1) is 6.59. The Morgan fingerprint density at radius 2 is 1.79 bits per heavy atom. The van der Waals surface area contributed by atoms with Gasteiger partial charge in [-0.1, -0.05) is 34.8 Å². The average molecular weight is 247 g/mol. The molecule has 1 nitrogen and oxygen atoms in total. The number of hydrogen-bond donors (Lipinski definition) is 0. The lowest BCUT2D eigenvalue weighted by Crippen LogP contribution is -1.85. The number of halogens is 3. The molecule has 2 aromatic rings. The Balaban J connectivity index is 2.95. The lowest BCUT2D eigenvalue weighted by atomic mass is 10.2. The van der Waals surface area contributed by atoms with Gasteiger partial charge < -0.3 is 0 Å². The molecule has 0 radical (unpaired) electrons. The molecular weight excluding hydrogens is 240 g/mol. The van der Waals surface area contributed by atoms with Crippen LogP contribution >= 0.6 is 34.8 Å². The second-order valence-electron chi connectivity index (χ2n) is 3.00. The average Bonchev–Trinajstić information content (AvgIpc) is 2.10. The molecular formula is C10H6Cl3N. The summed E-state index contributed by atoms with van der Waals surface area (Å²) in [5, 5.41) is 2.25. The first-order valence-corrected chi connectivity index (χ1v) is 5.14. The van der Waals surface area contributed by atoms with Gasteiger partial charge in [0.1, 0.15) is 0 Å². The van der Waals surface area contributed by atoms with Crippen LogP contribution < -0.4 is 0 Å². The van der Waals surface area contributed by atoms with Gasteiger partial charge in [0.05, 0.1) is 20.6 Å². The lowest BCUT2D eigenvalue weighted by molar-refractivity contribution is 1.26. The molecule has 2 rings (SSSR count). The van der Waals surface area contributed by atoms with Crippen LogP contribution in [0.4, 0.5) is 0 Å². The zero-order valence-electron chi connectivity index (χ0n) is 7.31. The van der Waals surface area contributed by atoms with Gasteiger partial charge in [-0.15, -0.1) is 0 Å². The molecule has 0 N–H and O–H groups in total. The molecule has 0 amide bonds. The molecule has 0 bridgehead atoms. The zero-order chi connectivity index (χ0) is 10.3. The van der Waals surface area contributed by atoms with Crippen molar-refractivity contribution in [1.82, 2.24) is 4.98 Å². The summed E-state index contributed by atoms with van der Waals surface area (Å²) in [6.07, 6.45) is 0. The summed E-state index contributed by atoms with van der Waals surface area (Å²) in [7, 11) is 0. The van der Waals surface area contributed by atoms with Crippen LogP contribution in [-0.2, 0) is 0 Å². The van der Waals surface area contributed by atoms with Gasteiger partial charge in [-0.3, -0.25) is 4.98 Å². The van der Waals surface area contributed by atoms with Gasteiger partial charge >= 0.3 is 0 Å². The molecule has 0 atom stereocenters. The summed E-state index contributed by atoms with van der Waals surface area (Å²) in [6.45, 7) is 1.88. The Kier molecular flexibility index (Phi) is 2.56. The summed E-state index contributed by atoms with van der Waals surface area (Å²) in [5.41, 5.74) is 1.63. The predicted molar refractivity (Wildman–Crippen MR) is 61.5 cm³/mol. The monoisotopic (exact) mass is 245 g/mol. The maximum Gasteiger partial charge on any atom is 0.0736 e. The van der Waals surface area contributed by atoms with Crippen LogP contribution in [0.1, 0.15) is 5.69 Å². The predicted octanol–water partition coefficient (Wildman–Crippen LogP) is 4.50.